The van der Waals surface area contributed by atoms with E-state index in [9.17, 15) is 8.42 Å². The van der Waals surface area contributed by atoms with Gasteiger partial charge in [0.1, 0.15) is 11.2 Å². The number of fused-ring (bicyclic) bond motifs is 1. The van der Waals surface area contributed by atoms with E-state index in [1.54, 1.807) is 34.9 Å². The van der Waals surface area contributed by atoms with E-state index in [1.807, 2.05) is 36.4 Å². The molecule has 8 heteroatoms. The molecule has 0 aliphatic heterocycles. The number of rotatable bonds is 6. The van der Waals surface area contributed by atoms with E-state index in [1.165, 1.54) is 10.6 Å². The number of aromatic nitrogens is 3. The van der Waals surface area contributed by atoms with Crippen LogP contribution in [0.1, 0.15) is 30.9 Å². The predicted molar refractivity (Wildman–Crippen MR) is 118 cm³/mol. The lowest BCUT2D eigenvalue weighted by atomic mass is 10.0. The van der Waals surface area contributed by atoms with Gasteiger partial charge in [-0.15, -0.1) is 10.2 Å². The molecule has 0 N–H and O–H groups in total. The van der Waals surface area contributed by atoms with E-state index in [0.717, 1.165) is 11.1 Å². The van der Waals surface area contributed by atoms with Gasteiger partial charge in [-0.3, -0.25) is 8.71 Å². The van der Waals surface area contributed by atoms with Crippen molar-refractivity contribution in [1.82, 2.24) is 14.6 Å². The fourth-order valence-electron chi connectivity index (χ4n) is 3.24. The van der Waals surface area contributed by atoms with E-state index in [4.69, 9.17) is 11.6 Å². The molecule has 2 aromatic carbocycles. The summed E-state index contributed by atoms with van der Waals surface area (Å²) in [5, 5.41) is 8.45. The van der Waals surface area contributed by atoms with Crippen LogP contribution in [0.5, 0.6) is 0 Å². The third-order valence-corrected chi connectivity index (χ3v) is 6.99. The molecule has 0 saturated carbocycles. The second kappa shape index (κ2) is 8.08. The van der Waals surface area contributed by atoms with Crippen molar-refractivity contribution in [3.05, 3.63) is 89.3 Å². The quantitative estimate of drug-likeness (QED) is 0.427. The molecule has 0 amide bonds. The molecule has 30 heavy (non-hydrogen) atoms. The van der Waals surface area contributed by atoms with Gasteiger partial charge in [0, 0.05) is 11.2 Å². The van der Waals surface area contributed by atoms with Gasteiger partial charge in [-0.05, 0) is 53.4 Å². The molecular weight excluding hydrogens is 420 g/mol. The molecule has 0 spiro atoms. The zero-order valence-electron chi connectivity index (χ0n) is 16.6. The molecule has 0 radical (unpaired) electrons. The van der Waals surface area contributed by atoms with Gasteiger partial charge in [0.25, 0.3) is 10.0 Å². The molecule has 0 aliphatic rings. The third kappa shape index (κ3) is 3.91. The van der Waals surface area contributed by atoms with Crippen LogP contribution in [0.15, 0.2) is 78.1 Å². The number of pyridine rings is 1. The minimum absolute atomic E-state index is 0.101. The Balaban J connectivity index is 1.83. The number of benzene rings is 2. The summed E-state index contributed by atoms with van der Waals surface area (Å²) in [4.78, 5) is 0.101. The minimum atomic E-state index is -3.92. The summed E-state index contributed by atoms with van der Waals surface area (Å²) in [6.45, 7) is 4.36. The Morgan fingerprint density at radius 1 is 1.03 bits per heavy atom. The smallest absolute Gasteiger partial charge is 0.268 e. The summed E-state index contributed by atoms with van der Waals surface area (Å²) in [6.07, 6.45) is 3.20. The number of hydrogen-bond acceptors (Lipinski definition) is 4. The normalized spacial score (nSPS) is 11.9. The molecule has 2 heterocycles. The number of hydrogen-bond donors (Lipinski definition) is 0. The van der Waals surface area contributed by atoms with Gasteiger partial charge in [-0.25, -0.2) is 8.42 Å². The Morgan fingerprint density at radius 2 is 1.73 bits per heavy atom. The lowest BCUT2D eigenvalue weighted by Crippen LogP contribution is -2.31. The standard InChI is InChI=1S/C22H21ClN4O2S/c1-16(2)18-7-11-20(12-8-18)27(14-17-5-9-19(23)10-6-17)30(28,29)21-4-3-13-26-15-24-25-22(21)26/h3-13,15-16H,14H2,1-2H3. The van der Waals surface area contributed by atoms with E-state index in [0.29, 0.717) is 16.6 Å². The highest BCUT2D eigenvalue weighted by molar-refractivity contribution is 7.93. The Bertz CT molecular complexity index is 1270. The third-order valence-electron chi connectivity index (χ3n) is 4.94. The first-order valence-electron chi connectivity index (χ1n) is 9.52. The number of sulfonamides is 1. The second-order valence-corrected chi connectivity index (χ2v) is 9.59. The lowest BCUT2D eigenvalue weighted by Gasteiger charge is -2.25. The molecule has 0 atom stereocenters. The highest BCUT2D eigenvalue weighted by atomic mass is 35.5. The maximum absolute atomic E-state index is 13.8. The summed E-state index contributed by atoms with van der Waals surface area (Å²) >= 11 is 6.00. The number of halogens is 1. The van der Waals surface area contributed by atoms with Crippen LogP contribution in [-0.2, 0) is 16.6 Å². The molecule has 4 rings (SSSR count). The summed E-state index contributed by atoms with van der Waals surface area (Å²) in [7, 11) is -3.92. The first-order chi connectivity index (χ1) is 14.4. The lowest BCUT2D eigenvalue weighted by molar-refractivity contribution is 0.590. The molecule has 0 aliphatic carbocycles. The van der Waals surface area contributed by atoms with Crippen molar-refractivity contribution in [2.24, 2.45) is 0 Å². The fraction of sp³-hybridized carbons (Fsp3) is 0.182. The fourth-order valence-corrected chi connectivity index (χ4v) is 4.95. The van der Waals surface area contributed by atoms with Crippen molar-refractivity contribution in [1.29, 1.82) is 0 Å². The van der Waals surface area contributed by atoms with E-state index < -0.39 is 10.0 Å². The largest absolute Gasteiger partial charge is 0.288 e. The minimum Gasteiger partial charge on any atom is -0.288 e. The Hall–Kier alpha value is -2.90. The monoisotopic (exact) mass is 440 g/mol. The van der Waals surface area contributed by atoms with Crippen LogP contribution in [0.25, 0.3) is 5.65 Å². The van der Waals surface area contributed by atoms with Gasteiger partial charge < -0.3 is 0 Å². The Labute approximate surface area is 180 Å². The van der Waals surface area contributed by atoms with Crippen molar-refractivity contribution in [3.8, 4) is 0 Å². The highest BCUT2D eigenvalue weighted by Crippen LogP contribution is 2.29. The molecular formula is C22H21ClN4O2S. The molecule has 2 aromatic heterocycles. The first kappa shape index (κ1) is 20.4. The Kier molecular flexibility index (Phi) is 5.49. The average Bonchev–Trinajstić information content (AvgIpc) is 3.22. The Morgan fingerprint density at radius 3 is 2.40 bits per heavy atom. The van der Waals surface area contributed by atoms with Crippen LogP contribution >= 0.6 is 11.6 Å². The van der Waals surface area contributed by atoms with Crippen LogP contribution in [0.2, 0.25) is 5.02 Å². The van der Waals surface area contributed by atoms with E-state index in [-0.39, 0.29) is 17.1 Å². The van der Waals surface area contributed by atoms with Crippen molar-refractivity contribution in [2.75, 3.05) is 4.31 Å². The van der Waals surface area contributed by atoms with Crippen LogP contribution in [0, 0.1) is 0 Å². The zero-order valence-corrected chi connectivity index (χ0v) is 18.2. The van der Waals surface area contributed by atoms with Crippen molar-refractivity contribution >= 4 is 33.0 Å². The van der Waals surface area contributed by atoms with Crippen LogP contribution in [-0.4, -0.2) is 23.0 Å². The van der Waals surface area contributed by atoms with Gasteiger partial charge in [-0.1, -0.05) is 49.7 Å². The second-order valence-electron chi connectivity index (χ2n) is 7.32. The summed E-state index contributed by atoms with van der Waals surface area (Å²) < 4.78 is 30.5. The van der Waals surface area contributed by atoms with Crippen molar-refractivity contribution < 1.29 is 8.42 Å². The van der Waals surface area contributed by atoms with Gasteiger partial charge in [0.05, 0.1) is 12.2 Å². The SMILES string of the molecule is CC(C)c1ccc(N(Cc2ccc(Cl)cc2)S(=O)(=O)c2cccn3cnnc23)cc1. The van der Waals surface area contributed by atoms with E-state index >= 15 is 0 Å². The molecule has 0 fully saturated rings. The molecule has 0 bridgehead atoms. The zero-order chi connectivity index (χ0) is 21.3. The number of anilines is 1. The maximum atomic E-state index is 13.8. The van der Waals surface area contributed by atoms with Crippen molar-refractivity contribution in [2.45, 2.75) is 31.2 Å². The van der Waals surface area contributed by atoms with Crippen LogP contribution < -0.4 is 4.31 Å². The molecule has 6 nitrogen and oxygen atoms in total. The van der Waals surface area contributed by atoms with Gasteiger partial charge in [0.2, 0.25) is 0 Å². The van der Waals surface area contributed by atoms with Gasteiger partial charge >= 0.3 is 0 Å². The van der Waals surface area contributed by atoms with E-state index in [2.05, 4.69) is 24.0 Å². The summed E-state index contributed by atoms with van der Waals surface area (Å²) in [5.74, 6) is 0.352. The first-order valence-corrected chi connectivity index (χ1v) is 11.3. The molecule has 0 unspecified atom stereocenters. The predicted octanol–water partition coefficient (Wildman–Crippen LogP) is 4.90. The average molecular weight is 441 g/mol. The number of nitrogens with zero attached hydrogens (tertiary/aromatic N) is 4. The topological polar surface area (TPSA) is 67.6 Å². The molecule has 154 valence electrons. The van der Waals surface area contributed by atoms with Gasteiger partial charge in [0.15, 0.2) is 5.65 Å². The maximum Gasteiger partial charge on any atom is 0.268 e. The van der Waals surface area contributed by atoms with Crippen LogP contribution in [0.3, 0.4) is 0 Å². The van der Waals surface area contributed by atoms with Crippen molar-refractivity contribution in [3.63, 3.8) is 0 Å². The van der Waals surface area contributed by atoms with Crippen LogP contribution in [0.4, 0.5) is 5.69 Å². The highest BCUT2D eigenvalue weighted by Gasteiger charge is 2.28. The molecule has 0 saturated heterocycles. The molecule has 4 aromatic rings. The summed E-state index contributed by atoms with van der Waals surface area (Å²) in [6, 6.07) is 18.0. The summed E-state index contributed by atoms with van der Waals surface area (Å²) in [5.41, 5.74) is 2.83. The van der Waals surface area contributed by atoms with Gasteiger partial charge in [-0.2, -0.15) is 0 Å².